The van der Waals surface area contributed by atoms with Crippen molar-refractivity contribution in [1.29, 1.82) is 0 Å². The van der Waals surface area contributed by atoms with Gasteiger partial charge in [-0.2, -0.15) is 0 Å². The zero-order valence-corrected chi connectivity index (χ0v) is 11.4. The van der Waals surface area contributed by atoms with Crippen molar-refractivity contribution in [3.8, 4) is 0 Å². The molecule has 1 aliphatic carbocycles. The molecule has 0 radical (unpaired) electrons. The van der Waals surface area contributed by atoms with Crippen LogP contribution in [0.5, 0.6) is 0 Å². The number of hydrogen-bond donors (Lipinski definition) is 2. The molecule has 3 N–H and O–H groups in total. The number of nitrogens with two attached hydrogens (primary N) is 1. The first-order valence-electron chi connectivity index (χ1n) is 6.48. The van der Waals surface area contributed by atoms with Gasteiger partial charge in [-0.05, 0) is 50.2 Å². The molecule has 94 valence electrons. The predicted octanol–water partition coefficient (Wildman–Crippen LogP) is 3.49. The van der Waals surface area contributed by atoms with E-state index in [4.69, 9.17) is 5.84 Å². The Morgan fingerprint density at radius 3 is 2.94 bits per heavy atom. The number of rotatable bonds is 5. The Hall–Kier alpha value is -0.640. The van der Waals surface area contributed by atoms with Gasteiger partial charge in [-0.1, -0.05) is 19.1 Å². The first-order valence-corrected chi connectivity index (χ1v) is 7.30. The van der Waals surface area contributed by atoms with Crippen molar-refractivity contribution in [2.45, 2.75) is 51.5 Å². The number of aryl methyl sites for hydroxylation is 2. The Kier molecular flexibility index (Phi) is 4.37. The van der Waals surface area contributed by atoms with Crippen LogP contribution in [0.3, 0.4) is 0 Å². The normalized spacial score (nSPS) is 16.6. The van der Waals surface area contributed by atoms with Crippen LogP contribution in [0, 0.1) is 0 Å². The summed E-state index contributed by atoms with van der Waals surface area (Å²) in [6.45, 7) is 6.23. The molecule has 0 saturated carbocycles. The predicted molar refractivity (Wildman–Crippen MR) is 75.1 cm³/mol. The number of hydrogen-bond acceptors (Lipinski definition) is 3. The highest BCUT2D eigenvalue weighted by Crippen LogP contribution is 2.34. The Morgan fingerprint density at radius 1 is 1.53 bits per heavy atom. The molecule has 3 heteroatoms. The van der Waals surface area contributed by atoms with E-state index in [1.54, 1.807) is 10.4 Å². The lowest BCUT2D eigenvalue weighted by molar-refractivity contribution is 0.553. The molecule has 1 aromatic rings. The summed E-state index contributed by atoms with van der Waals surface area (Å²) in [5, 5.41) is 0. The third-order valence-corrected chi connectivity index (χ3v) is 4.90. The topological polar surface area (TPSA) is 38.0 Å². The maximum Gasteiger partial charge on any atom is 0.0590 e. The van der Waals surface area contributed by atoms with Gasteiger partial charge in [0.1, 0.15) is 0 Å². The summed E-state index contributed by atoms with van der Waals surface area (Å²) < 4.78 is 0. The lowest BCUT2D eigenvalue weighted by Crippen LogP contribution is -2.27. The van der Waals surface area contributed by atoms with Crippen LogP contribution in [0.2, 0.25) is 0 Å². The molecule has 0 amide bonds. The molecule has 1 heterocycles. The second-order valence-corrected chi connectivity index (χ2v) is 6.00. The van der Waals surface area contributed by atoms with Crippen LogP contribution < -0.4 is 11.3 Å². The Balaban J connectivity index is 2.13. The largest absolute Gasteiger partial charge is 0.271 e. The zero-order valence-electron chi connectivity index (χ0n) is 10.6. The van der Waals surface area contributed by atoms with Crippen LogP contribution in [-0.4, -0.2) is 0 Å². The van der Waals surface area contributed by atoms with Crippen molar-refractivity contribution in [2.24, 2.45) is 5.84 Å². The summed E-state index contributed by atoms with van der Waals surface area (Å²) >= 11 is 1.94. The van der Waals surface area contributed by atoms with Gasteiger partial charge in [0, 0.05) is 9.75 Å². The van der Waals surface area contributed by atoms with E-state index >= 15 is 0 Å². The number of hydrazine groups is 1. The zero-order chi connectivity index (χ0) is 12.3. The van der Waals surface area contributed by atoms with Crippen molar-refractivity contribution >= 4 is 11.3 Å². The number of fused-ring (bicyclic) bond motifs is 1. The highest BCUT2D eigenvalue weighted by molar-refractivity contribution is 7.12. The third kappa shape index (κ3) is 2.97. The fourth-order valence-corrected chi connectivity index (χ4v) is 3.68. The molecular weight excluding hydrogens is 228 g/mol. The molecule has 1 atom stereocenters. The van der Waals surface area contributed by atoms with E-state index in [1.165, 1.54) is 36.1 Å². The standard InChI is InChI=1S/C14H22N2S/c1-3-10(2)8-12(16-15)14-9-11-6-4-5-7-13(11)17-14/h9,12,16H,2-8,15H2,1H3. The quantitative estimate of drug-likeness (QED) is 0.477. The molecule has 2 nitrogen and oxygen atoms in total. The van der Waals surface area contributed by atoms with Gasteiger partial charge in [-0.25, -0.2) is 0 Å². The van der Waals surface area contributed by atoms with E-state index in [2.05, 4.69) is 25.0 Å². The highest BCUT2D eigenvalue weighted by atomic mass is 32.1. The molecule has 0 aromatic carbocycles. The molecule has 1 aromatic heterocycles. The maximum atomic E-state index is 5.68. The van der Waals surface area contributed by atoms with E-state index in [-0.39, 0.29) is 6.04 Å². The number of thiophene rings is 1. The Morgan fingerprint density at radius 2 is 2.29 bits per heavy atom. The van der Waals surface area contributed by atoms with Crippen molar-refractivity contribution in [3.05, 3.63) is 33.5 Å². The van der Waals surface area contributed by atoms with Gasteiger partial charge in [0.25, 0.3) is 0 Å². The minimum absolute atomic E-state index is 0.248. The molecular formula is C14H22N2S. The molecule has 0 bridgehead atoms. The number of nitrogens with one attached hydrogen (secondary N) is 1. The lowest BCUT2D eigenvalue weighted by Gasteiger charge is -2.14. The molecule has 0 spiro atoms. The third-order valence-electron chi connectivity index (χ3n) is 3.55. The van der Waals surface area contributed by atoms with Crippen LogP contribution in [0.25, 0.3) is 0 Å². The summed E-state index contributed by atoms with van der Waals surface area (Å²) in [6.07, 6.45) is 7.17. The summed E-state index contributed by atoms with van der Waals surface area (Å²) in [5.41, 5.74) is 5.76. The van der Waals surface area contributed by atoms with Crippen LogP contribution in [-0.2, 0) is 12.8 Å². The van der Waals surface area contributed by atoms with Gasteiger partial charge in [-0.3, -0.25) is 11.3 Å². The minimum Gasteiger partial charge on any atom is -0.271 e. The summed E-state index contributed by atoms with van der Waals surface area (Å²) in [7, 11) is 0. The highest BCUT2D eigenvalue weighted by Gasteiger charge is 2.18. The van der Waals surface area contributed by atoms with Gasteiger partial charge in [0.05, 0.1) is 6.04 Å². The lowest BCUT2D eigenvalue weighted by atomic mass is 9.98. The van der Waals surface area contributed by atoms with Gasteiger partial charge in [0.15, 0.2) is 0 Å². The summed E-state index contributed by atoms with van der Waals surface area (Å²) in [6, 6.07) is 2.60. The molecule has 2 rings (SSSR count). The smallest absolute Gasteiger partial charge is 0.0590 e. The first-order chi connectivity index (χ1) is 8.24. The fourth-order valence-electron chi connectivity index (χ4n) is 2.36. The molecule has 1 unspecified atom stereocenters. The maximum absolute atomic E-state index is 5.68. The monoisotopic (exact) mass is 250 g/mol. The van der Waals surface area contributed by atoms with Gasteiger partial charge in [0.2, 0.25) is 0 Å². The van der Waals surface area contributed by atoms with Crippen LogP contribution >= 0.6 is 11.3 Å². The Bertz CT molecular complexity index is 371. The average molecular weight is 250 g/mol. The fraction of sp³-hybridized carbons (Fsp3) is 0.571. The van der Waals surface area contributed by atoms with Crippen molar-refractivity contribution in [2.75, 3.05) is 0 Å². The van der Waals surface area contributed by atoms with Gasteiger partial charge in [-0.15, -0.1) is 11.3 Å². The molecule has 0 aliphatic heterocycles. The van der Waals surface area contributed by atoms with Crippen LogP contribution in [0.4, 0.5) is 0 Å². The average Bonchev–Trinajstić information content (AvgIpc) is 2.78. The molecule has 1 aliphatic rings. The Labute approximate surface area is 108 Å². The summed E-state index contributed by atoms with van der Waals surface area (Å²) in [5.74, 6) is 5.68. The van der Waals surface area contributed by atoms with Crippen molar-refractivity contribution < 1.29 is 0 Å². The molecule has 0 fully saturated rings. The van der Waals surface area contributed by atoms with Gasteiger partial charge < -0.3 is 0 Å². The van der Waals surface area contributed by atoms with E-state index in [0.717, 1.165) is 12.8 Å². The van der Waals surface area contributed by atoms with Crippen LogP contribution in [0.1, 0.15) is 54.0 Å². The van der Waals surface area contributed by atoms with Crippen molar-refractivity contribution in [3.63, 3.8) is 0 Å². The van der Waals surface area contributed by atoms with Gasteiger partial charge >= 0.3 is 0 Å². The van der Waals surface area contributed by atoms with E-state index in [1.807, 2.05) is 11.3 Å². The van der Waals surface area contributed by atoms with Crippen LogP contribution in [0.15, 0.2) is 18.2 Å². The minimum atomic E-state index is 0.248. The summed E-state index contributed by atoms with van der Waals surface area (Å²) in [4.78, 5) is 2.96. The van der Waals surface area contributed by atoms with E-state index in [9.17, 15) is 0 Å². The van der Waals surface area contributed by atoms with Crippen molar-refractivity contribution in [1.82, 2.24) is 5.43 Å². The first kappa shape index (κ1) is 12.8. The van der Waals surface area contributed by atoms with E-state index in [0.29, 0.717) is 0 Å². The SMILES string of the molecule is C=C(CC)CC(NN)c1cc2c(s1)CCCC2. The molecule has 0 saturated heterocycles. The molecule has 17 heavy (non-hydrogen) atoms. The van der Waals surface area contributed by atoms with E-state index < -0.39 is 0 Å². The second-order valence-electron chi connectivity index (χ2n) is 4.83. The second kappa shape index (κ2) is 5.80.